The van der Waals surface area contributed by atoms with Crippen molar-refractivity contribution < 1.29 is 4.39 Å². The van der Waals surface area contributed by atoms with Crippen LogP contribution in [-0.4, -0.2) is 6.54 Å². The first-order valence-electron chi connectivity index (χ1n) is 4.34. The fraction of sp³-hybridized carbons (Fsp3) is 0.400. The van der Waals surface area contributed by atoms with Crippen molar-refractivity contribution in [3.05, 3.63) is 34.1 Å². The maximum atomic E-state index is 13.1. The van der Waals surface area contributed by atoms with Crippen LogP contribution in [0.15, 0.2) is 22.7 Å². The van der Waals surface area contributed by atoms with Crippen molar-refractivity contribution in [1.82, 2.24) is 5.32 Å². The van der Waals surface area contributed by atoms with E-state index >= 15 is 0 Å². The molecule has 1 rings (SSSR count). The van der Waals surface area contributed by atoms with Crippen LogP contribution < -0.4 is 5.32 Å². The molecule has 0 bridgehead atoms. The molecule has 3 heteroatoms. The van der Waals surface area contributed by atoms with Gasteiger partial charge in [0.1, 0.15) is 5.82 Å². The van der Waals surface area contributed by atoms with Gasteiger partial charge < -0.3 is 5.32 Å². The second kappa shape index (κ2) is 4.72. The second-order valence-corrected chi connectivity index (χ2v) is 3.72. The summed E-state index contributed by atoms with van der Waals surface area (Å²) in [5.41, 5.74) is 0.960. The Balaban J connectivity index is 2.93. The third-order valence-electron chi connectivity index (χ3n) is 1.96. The third kappa shape index (κ3) is 2.51. The van der Waals surface area contributed by atoms with Gasteiger partial charge in [0.2, 0.25) is 0 Å². The first-order valence-corrected chi connectivity index (χ1v) is 5.13. The lowest BCUT2D eigenvalue weighted by Gasteiger charge is -2.14. The molecule has 0 spiro atoms. The zero-order valence-corrected chi connectivity index (χ0v) is 9.36. The summed E-state index contributed by atoms with van der Waals surface area (Å²) in [4.78, 5) is 0. The first kappa shape index (κ1) is 10.7. The van der Waals surface area contributed by atoms with Gasteiger partial charge in [-0.05, 0) is 41.0 Å². The number of nitrogens with one attached hydrogen (secondary N) is 1. The molecule has 1 nitrogen and oxygen atoms in total. The van der Waals surface area contributed by atoms with E-state index in [0.717, 1.165) is 12.1 Å². The fourth-order valence-electron chi connectivity index (χ4n) is 1.27. The highest BCUT2D eigenvalue weighted by molar-refractivity contribution is 9.10. The predicted octanol–water partition coefficient (Wildman–Crippen LogP) is 3.26. The summed E-state index contributed by atoms with van der Waals surface area (Å²) in [6, 6.07) is 5.27. The molecule has 0 radical (unpaired) electrons. The molecule has 0 aromatic heterocycles. The first-order chi connectivity index (χ1) is 6.16. The Morgan fingerprint density at radius 2 is 2.23 bits per heavy atom. The van der Waals surface area contributed by atoms with Gasteiger partial charge in [-0.15, -0.1) is 0 Å². The van der Waals surface area contributed by atoms with Crippen molar-refractivity contribution in [2.45, 2.75) is 19.9 Å². The van der Waals surface area contributed by atoms with E-state index in [1.54, 1.807) is 6.07 Å². The van der Waals surface area contributed by atoms with Crippen LogP contribution in [0.1, 0.15) is 25.5 Å². The van der Waals surface area contributed by atoms with Gasteiger partial charge in [0.25, 0.3) is 0 Å². The van der Waals surface area contributed by atoms with Crippen molar-refractivity contribution in [3.8, 4) is 0 Å². The van der Waals surface area contributed by atoms with Gasteiger partial charge >= 0.3 is 0 Å². The van der Waals surface area contributed by atoms with Gasteiger partial charge in [-0.25, -0.2) is 4.39 Å². The third-order valence-corrected chi connectivity index (χ3v) is 2.79. The van der Waals surface area contributed by atoms with Crippen molar-refractivity contribution in [3.63, 3.8) is 0 Å². The summed E-state index contributed by atoms with van der Waals surface area (Å²) in [7, 11) is 0. The summed E-state index contributed by atoms with van der Waals surface area (Å²) in [6.45, 7) is 4.93. The van der Waals surface area contributed by atoms with E-state index in [9.17, 15) is 4.39 Å². The molecule has 0 fully saturated rings. The zero-order valence-electron chi connectivity index (χ0n) is 7.77. The maximum Gasteiger partial charge on any atom is 0.137 e. The Labute approximate surface area is 86.5 Å². The average molecular weight is 246 g/mol. The Hall–Kier alpha value is -0.410. The van der Waals surface area contributed by atoms with Crippen LogP contribution in [0.5, 0.6) is 0 Å². The van der Waals surface area contributed by atoms with Crippen molar-refractivity contribution >= 4 is 15.9 Å². The number of halogens is 2. The van der Waals surface area contributed by atoms with E-state index in [1.165, 1.54) is 6.07 Å². The number of hydrogen-bond acceptors (Lipinski definition) is 1. The molecule has 0 heterocycles. The van der Waals surface area contributed by atoms with Crippen LogP contribution in [0.25, 0.3) is 0 Å². The Bertz CT molecular complexity index is 288. The molecule has 0 amide bonds. The predicted molar refractivity (Wildman–Crippen MR) is 56.2 cm³/mol. The molecule has 0 aliphatic carbocycles. The number of hydrogen-bond donors (Lipinski definition) is 1. The van der Waals surface area contributed by atoms with Crippen LogP contribution >= 0.6 is 15.9 Å². The lowest BCUT2D eigenvalue weighted by Crippen LogP contribution is -2.18. The minimum Gasteiger partial charge on any atom is -0.310 e. The molecule has 1 aromatic carbocycles. The van der Waals surface area contributed by atoms with Gasteiger partial charge in [-0.1, -0.05) is 19.1 Å². The van der Waals surface area contributed by atoms with Gasteiger partial charge in [0.05, 0.1) is 4.47 Å². The molecule has 72 valence electrons. The van der Waals surface area contributed by atoms with Crippen LogP contribution in [0, 0.1) is 5.82 Å². The van der Waals surface area contributed by atoms with Crippen LogP contribution in [-0.2, 0) is 0 Å². The molecule has 1 aromatic rings. The summed E-state index contributed by atoms with van der Waals surface area (Å²) < 4.78 is 13.7. The maximum absolute atomic E-state index is 13.1. The van der Waals surface area contributed by atoms with E-state index in [1.807, 2.05) is 19.9 Å². The summed E-state index contributed by atoms with van der Waals surface area (Å²) in [5.74, 6) is -0.206. The Morgan fingerprint density at radius 3 is 2.85 bits per heavy atom. The molecule has 13 heavy (non-hydrogen) atoms. The van der Waals surface area contributed by atoms with E-state index in [0.29, 0.717) is 4.47 Å². The number of rotatable bonds is 3. The van der Waals surface area contributed by atoms with E-state index < -0.39 is 0 Å². The summed E-state index contributed by atoms with van der Waals surface area (Å²) in [6.07, 6.45) is 0. The lowest BCUT2D eigenvalue weighted by atomic mass is 10.1. The quantitative estimate of drug-likeness (QED) is 0.863. The van der Waals surface area contributed by atoms with Crippen LogP contribution in [0.3, 0.4) is 0 Å². The fourth-order valence-corrected chi connectivity index (χ4v) is 1.88. The molecule has 1 atom stereocenters. The minimum absolute atomic E-state index is 0.176. The van der Waals surface area contributed by atoms with Crippen molar-refractivity contribution in [2.75, 3.05) is 6.54 Å². The van der Waals surface area contributed by atoms with E-state index in [4.69, 9.17) is 0 Å². The highest BCUT2D eigenvalue weighted by Gasteiger charge is 2.10. The normalized spacial score (nSPS) is 12.9. The van der Waals surface area contributed by atoms with Gasteiger partial charge in [-0.3, -0.25) is 0 Å². The largest absolute Gasteiger partial charge is 0.310 e. The smallest absolute Gasteiger partial charge is 0.137 e. The molecule has 0 saturated carbocycles. The second-order valence-electron chi connectivity index (χ2n) is 2.92. The lowest BCUT2D eigenvalue weighted by molar-refractivity contribution is 0.577. The monoisotopic (exact) mass is 245 g/mol. The topological polar surface area (TPSA) is 12.0 Å². The van der Waals surface area contributed by atoms with Crippen molar-refractivity contribution in [2.24, 2.45) is 0 Å². The highest BCUT2D eigenvalue weighted by atomic mass is 79.9. The van der Waals surface area contributed by atoms with E-state index in [2.05, 4.69) is 21.2 Å². The SMILES string of the molecule is CCNC(C)c1cccc(F)c1Br. The van der Waals surface area contributed by atoms with Crippen LogP contribution in [0.4, 0.5) is 4.39 Å². The highest BCUT2D eigenvalue weighted by Crippen LogP contribution is 2.25. The van der Waals surface area contributed by atoms with Gasteiger partial charge in [0, 0.05) is 6.04 Å². The van der Waals surface area contributed by atoms with Gasteiger partial charge in [0.15, 0.2) is 0 Å². The summed E-state index contributed by atoms with van der Waals surface area (Å²) in [5, 5.41) is 3.23. The van der Waals surface area contributed by atoms with Gasteiger partial charge in [-0.2, -0.15) is 0 Å². The molecule has 1 N–H and O–H groups in total. The Kier molecular flexibility index (Phi) is 3.88. The molecular weight excluding hydrogens is 233 g/mol. The Morgan fingerprint density at radius 1 is 1.54 bits per heavy atom. The standard InChI is InChI=1S/C10H13BrFN/c1-3-13-7(2)8-5-4-6-9(12)10(8)11/h4-7,13H,3H2,1-2H3. The molecule has 0 aliphatic rings. The van der Waals surface area contributed by atoms with Crippen molar-refractivity contribution in [1.29, 1.82) is 0 Å². The minimum atomic E-state index is -0.206. The van der Waals surface area contributed by atoms with Crippen LogP contribution in [0.2, 0.25) is 0 Å². The molecular formula is C10H13BrFN. The zero-order chi connectivity index (χ0) is 9.84. The average Bonchev–Trinajstić information content (AvgIpc) is 2.10. The number of benzene rings is 1. The molecule has 0 saturated heterocycles. The summed E-state index contributed by atoms with van der Waals surface area (Å²) >= 11 is 3.24. The molecule has 1 unspecified atom stereocenters. The van der Waals surface area contributed by atoms with E-state index in [-0.39, 0.29) is 11.9 Å². The molecule has 0 aliphatic heterocycles.